The fourth-order valence-electron chi connectivity index (χ4n) is 1.35. The van der Waals surface area contributed by atoms with Crippen LogP contribution in [0.2, 0.25) is 0 Å². The van der Waals surface area contributed by atoms with Crippen LogP contribution in [-0.2, 0) is 9.09 Å². The molecule has 3 heteroatoms. The third-order valence-corrected chi connectivity index (χ3v) is 5.14. The monoisotopic (exact) mass is 212 g/mol. The summed E-state index contributed by atoms with van der Waals surface area (Å²) in [5.41, 5.74) is 0.0323. The first-order valence-corrected chi connectivity index (χ1v) is 6.60. The maximum absolute atomic E-state index is 12.5. The molecule has 1 rings (SSSR count). The van der Waals surface area contributed by atoms with Crippen molar-refractivity contribution in [3.63, 3.8) is 0 Å². The first-order chi connectivity index (χ1) is 6.61. The maximum Gasteiger partial charge on any atom is 0.234 e. The predicted octanol–water partition coefficient (Wildman–Crippen LogP) is 3.03. The molecule has 0 heterocycles. The Morgan fingerprint density at radius 2 is 1.86 bits per heavy atom. The molecule has 0 fully saturated rings. The van der Waals surface area contributed by atoms with E-state index in [1.165, 1.54) is 0 Å². The number of benzene rings is 1. The normalized spacial score (nSPS) is 15.4. The van der Waals surface area contributed by atoms with Crippen LogP contribution in [0.5, 0.6) is 0 Å². The van der Waals surface area contributed by atoms with Crippen molar-refractivity contribution in [2.45, 2.75) is 26.4 Å². The zero-order chi connectivity index (χ0) is 10.6. The molecular formula is C11H17O2P. The summed E-state index contributed by atoms with van der Waals surface area (Å²) in [6, 6.07) is 9.44. The Bertz CT molecular complexity index is 319. The molecule has 0 spiro atoms. The van der Waals surface area contributed by atoms with Crippen molar-refractivity contribution in [2.75, 3.05) is 6.61 Å². The van der Waals surface area contributed by atoms with Crippen molar-refractivity contribution in [1.29, 1.82) is 0 Å². The highest BCUT2D eigenvalue weighted by molar-refractivity contribution is 7.67. The summed E-state index contributed by atoms with van der Waals surface area (Å²) in [6.07, 6.45) is 0. The molecule has 1 aromatic rings. The van der Waals surface area contributed by atoms with Gasteiger partial charge in [0.15, 0.2) is 0 Å². The van der Waals surface area contributed by atoms with Gasteiger partial charge in [-0.3, -0.25) is 4.57 Å². The Hall–Kier alpha value is -0.590. The molecule has 78 valence electrons. The van der Waals surface area contributed by atoms with Crippen LogP contribution in [0.4, 0.5) is 0 Å². The Morgan fingerprint density at radius 3 is 2.29 bits per heavy atom. The molecule has 0 aromatic heterocycles. The highest BCUT2D eigenvalue weighted by atomic mass is 31.2. The lowest BCUT2D eigenvalue weighted by Gasteiger charge is -2.21. The zero-order valence-corrected chi connectivity index (χ0v) is 9.83. The summed E-state index contributed by atoms with van der Waals surface area (Å²) in [7, 11) is -2.64. The fourth-order valence-corrected chi connectivity index (χ4v) is 3.36. The highest BCUT2D eigenvalue weighted by Gasteiger charge is 2.29. The minimum atomic E-state index is -2.64. The van der Waals surface area contributed by atoms with E-state index < -0.39 is 7.37 Å². The number of hydrogen-bond donors (Lipinski definition) is 0. The molecule has 0 saturated heterocycles. The molecule has 1 unspecified atom stereocenters. The smallest absolute Gasteiger partial charge is 0.234 e. The molecule has 0 aliphatic rings. The maximum atomic E-state index is 12.5. The molecule has 2 nitrogen and oxygen atoms in total. The summed E-state index contributed by atoms with van der Waals surface area (Å²) in [4.78, 5) is 0. The third kappa shape index (κ3) is 2.26. The molecule has 0 bridgehead atoms. The highest BCUT2D eigenvalue weighted by Crippen LogP contribution is 2.50. The summed E-state index contributed by atoms with van der Waals surface area (Å²) in [5.74, 6) is 0. The molecule has 1 atom stereocenters. The Labute approximate surface area is 85.7 Å². The molecule has 14 heavy (non-hydrogen) atoms. The van der Waals surface area contributed by atoms with E-state index in [-0.39, 0.29) is 5.66 Å². The van der Waals surface area contributed by atoms with E-state index in [9.17, 15) is 4.57 Å². The van der Waals surface area contributed by atoms with Crippen LogP contribution in [0.1, 0.15) is 20.8 Å². The van der Waals surface area contributed by atoms with Gasteiger partial charge < -0.3 is 4.52 Å². The third-order valence-electron chi connectivity index (χ3n) is 2.12. The van der Waals surface area contributed by atoms with Crippen molar-refractivity contribution in [1.82, 2.24) is 0 Å². The zero-order valence-electron chi connectivity index (χ0n) is 8.93. The first kappa shape index (κ1) is 11.5. The predicted molar refractivity (Wildman–Crippen MR) is 60.4 cm³/mol. The van der Waals surface area contributed by atoms with E-state index in [4.69, 9.17) is 4.52 Å². The molecule has 0 aliphatic carbocycles. The van der Waals surface area contributed by atoms with E-state index in [2.05, 4.69) is 0 Å². The van der Waals surface area contributed by atoms with Gasteiger partial charge in [-0.1, -0.05) is 32.0 Å². The second kappa shape index (κ2) is 4.77. The van der Waals surface area contributed by atoms with Crippen LogP contribution in [-0.4, -0.2) is 12.3 Å². The lowest BCUT2D eigenvalue weighted by molar-refractivity contribution is 0.336. The molecule has 0 N–H and O–H groups in total. The van der Waals surface area contributed by atoms with E-state index >= 15 is 0 Å². The van der Waals surface area contributed by atoms with Crippen LogP contribution < -0.4 is 5.30 Å². The Morgan fingerprint density at radius 1 is 1.29 bits per heavy atom. The van der Waals surface area contributed by atoms with Gasteiger partial charge in [-0.25, -0.2) is 0 Å². The van der Waals surface area contributed by atoms with Gasteiger partial charge in [-0.15, -0.1) is 0 Å². The van der Waals surface area contributed by atoms with Crippen molar-refractivity contribution < 1.29 is 9.09 Å². The Kier molecular flexibility index (Phi) is 3.91. The SMILES string of the molecule is CCOP(=O)(c1ccccc1)C(C)C. The number of rotatable bonds is 4. The largest absolute Gasteiger partial charge is 0.325 e. The van der Waals surface area contributed by atoms with E-state index in [1.807, 2.05) is 51.1 Å². The first-order valence-electron chi connectivity index (χ1n) is 4.91. The van der Waals surface area contributed by atoms with Gasteiger partial charge in [0.05, 0.1) is 6.61 Å². The summed E-state index contributed by atoms with van der Waals surface area (Å²) < 4.78 is 17.9. The van der Waals surface area contributed by atoms with Crippen LogP contribution in [0.25, 0.3) is 0 Å². The van der Waals surface area contributed by atoms with Crippen molar-refractivity contribution in [3.05, 3.63) is 30.3 Å². The van der Waals surface area contributed by atoms with Gasteiger partial charge >= 0.3 is 0 Å². The van der Waals surface area contributed by atoms with Gasteiger partial charge in [-0.05, 0) is 19.1 Å². The number of hydrogen-bond acceptors (Lipinski definition) is 2. The van der Waals surface area contributed by atoms with Gasteiger partial charge in [-0.2, -0.15) is 0 Å². The van der Waals surface area contributed by atoms with Crippen LogP contribution in [0, 0.1) is 0 Å². The van der Waals surface area contributed by atoms with E-state index in [0.717, 1.165) is 5.30 Å². The summed E-state index contributed by atoms with van der Waals surface area (Å²) in [6.45, 7) is 6.23. The van der Waals surface area contributed by atoms with Gasteiger partial charge in [0, 0.05) is 11.0 Å². The average molecular weight is 212 g/mol. The van der Waals surface area contributed by atoms with Gasteiger partial charge in [0.25, 0.3) is 0 Å². The van der Waals surface area contributed by atoms with Crippen molar-refractivity contribution in [2.24, 2.45) is 0 Å². The average Bonchev–Trinajstić information content (AvgIpc) is 2.19. The van der Waals surface area contributed by atoms with E-state index in [0.29, 0.717) is 6.61 Å². The minimum Gasteiger partial charge on any atom is -0.325 e. The summed E-state index contributed by atoms with van der Waals surface area (Å²) >= 11 is 0. The molecule has 0 amide bonds. The minimum absolute atomic E-state index is 0.0323. The molecule has 0 saturated carbocycles. The van der Waals surface area contributed by atoms with Crippen molar-refractivity contribution in [3.8, 4) is 0 Å². The van der Waals surface area contributed by atoms with Gasteiger partial charge in [0.2, 0.25) is 7.37 Å². The second-order valence-corrected chi connectivity index (χ2v) is 6.45. The molecule has 1 aromatic carbocycles. The van der Waals surface area contributed by atoms with Crippen LogP contribution in [0.15, 0.2) is 30.3 Å². The lowest BCUT2D eigenvalue weighted by atomic mass is 10.4. The van der Waals surface area contributed by atoms with Crippen LogP contribution in [0.3, 0.4) is 0 Å². The van der Waals surface area contributed by atoms with Crippen LogP contribution >= 0.6 is 7.37 Å². The quantitative estimate of drug-likeness (QED) is 0.717. The topological polar surface area (TPSA) is 26.3 Å². The molecule has 0 aliphatic heterocycles. The molecule has 0 radical (unpaired) electrons. The van der Waals surface area contributed by atoms with Gasteiger partial charge in [0.1, 0.15) is 0 Å². The second-order valence-electron chi connectivity index (χ2n) is 3.44. The Balaban J connectivity index is 3.07. The fraction of sp³-hybridized carbons (Fsp3) is 0.455. The summed E-state index contributed by atoms with van der Waals surface area (Å²) in [5, 5.41) is 0.817. The molecular weight excluding hydrogens is 195 g/mol. The standard InChI is InChI=1S/C11H17O2P/c1-4-13-14(12,10(2)3)11-8-6-5-7-9-11/h5-10H,4H2,1-3H3. The van der Waals surface area contributed by atoms with E-state index in [1.54, 1.807) is 0 Å². The van der Waals surface area contributed by atoms with Crippen molar-refractivity contribution >= 4 is 12.7 Å². The lowest BCUT2D eigenvalue weighted by Crippen LogP contribution is -2.14.